The molecular formula is C15H25N3O2. The van der Waals surface area contributed by atoms with Gasteiger partial charge in [0.1, 0.15) is 11.4 Å². The maximum Gasteiger partial charge on any atom is 0.315 e. The first-order chi connectivity index (χ1) is 9.70. The summed E-state index contributed by atoms with van der Waals surface area (Å²) >= 11 is 0. The Bertz CT molecular complexity index is 422. The van der Waals surface area contributed by atoms with Crippen molar-refractivity contribution in [1.82, 2.24) is 0 Å². The van der Waals surface area contributed by atoms with Crippen molar-refractivity contribution in [1.29, 1.82) is 0 Å². The number of nitrogens with one attached hydrogen (secondary N) is 2. The van der Waals surface area contributed by atoms with E-state index in [0.29, 0.717) is 11.4 Å². The van der Waals surface area contributed by atoms with Gasteiger partial charge in [0.25, 0.3) is 0 Å². The van der Waals surface area contributed by atoms with E-state index >= 15 is 0 Å². The third-order valence-electron chi connectivity index (χ3n) is 3.13. The van der Waals surface area contributed by atoms with E-state index in [1.807, 2.05) is 13.0 Å². The molecule has 112 valence electrons. The molecule has 5 nitrogen and oxygen atoms in total. The van der Waals surface area contributed by atoms with Crippen molar-refractivity contribution in [2.24, 2.45) is 0 Å². The summed E-state index contributed by atoms with van der Waals surface area (Å²) in [5, 5.41) is 17.6. The van der Waals surface area contributed by atoms with Crippen LogP contribution in [-0.4, -0.2) is 18.0 Å². The number of anilines is 2. The minimum Gasteiger partial charge on any atom is -0.379 e. The number of nitrogens with zero attached hydrogens (tertiary/aromatic N) is 1. The topological polar surface area (TPSA) is 67.2 Å². The van der Waals surface area contributed by atoms with Crippen molar-refractivity contribution in [3.05, 3.63) is 28.3 Å². The van der Waals surface area contributed by atoms with Crippen molar-refractivity contribution < 1.29 is 4.92 Å². The van der Waals surface area contributed by atoms with E-state index in [2.05, 4.69) is 17.6 Å². The average Bonchev–Trinajstić information content (AvgIpc) is 2.44. The van der Waals surface area contributed by atoms with Crippen molar-refractivity contribution in [2.45, 2.75) is 46.0 Å². The molecular weight excluding hydrogens is 254 g/mol. The summed E-state index contributed by atoms with van der Waals surface area (Å²) in [7, 11) is 0. The predicted octanol–water partition coefficient (Wildman–Crippen LogP) is 4.41. The molecule has 1 rings (SSSR count). The van der Waals surface area contributed by atoms with Crippen LogP contribution < -0.4 is 10.6 Å². The molecule has 0 saturated carbocycles. The molecule has 0 atom stereocenters. The molecule has 0 aliphatic heterocycles. The zero-order chi connectivity index (χ0) is 14.8. The zero-order valence-corrected chi connectivity index (χ0v) is 12.4. The van der Waals surface area contributed by atoms with E-state index in [9.17, 15) is 10.1 Å². The van der Waals surface area contributed by atoms with Gasteiger partial charge < -0.3 is 10.6 Å². The molecule has 20 heavy (non-hydrogen) atoms. The van der Waals surface area contributed by atoms with Crippen LogP contribution in [0.3, 0.4) is 0 Å². The molecule has 0 saturated heterocycles. The van der Waals surface area contributed by atoms with Crippen molar-refractivity contribution in [3.63, 3.8) is 0 Å². The highest BCUT2D eigenvalue weighted by atomic mass is 16.6. The van der Waals surface area contributed by atoms with E-state index in [-0.39, 0.29) is 10.6 Å². The van der Waals surface area contributed by atoms with Gasteiger partial charge in [-0.15, -0.1) is 0 Å². The van der Waals surface area contributed by atoms with E-state index in [1.165, 1.54) is 12.8 Å². The van der Waals surface area contributed by atoms with Crippen LogP contribution in [0.5, 0.6) is 0 Å². The van der Waals surface area contributed by atoms with Crippen LogP contribution in [0.4, 0.5) is 17.1 Å². The standard InChI is InChI=1S/C15H25N3O2/c1-3-5-6-7-12-17-14-10-8-9-13(16-11-4-2)15(14)18(19)20/h8-10,16-17H,3-7,11-12H2,1-2H3. The molecule has 1 aromatic carbocycles. The third-order valence-corrected chi connectivity index (χ3v) is 3.13. The zero-order valence-electron chi connectivity index (χ0n) is 12.4. The van der Waals surface area contributed by atoms with E-state index in [0.717, 1.165) is 32.4 Å². The number of unbranched alkanes of at least 4 members (excludes halogenated alkanes) is 3. The Hall–Kier alpha value is -1.78. The molecule has 1 aromatic rings. The third kappa shape index (κ3) is 5.07. The second kappa shape index (κ2) is 9.18. The first kappa shape index (κ1) is 16.3. The van der Waals surface area contributed by atoms with Gasteiger partial charge in [-0.2, -0.15) is 0 Å². The van der Waals surface area contributed by atoms with E-state index < -0.39 is 0 Å². The SMILES string of the molecule is CCCCCCNc1cccc(NCCC)c1[N+](=O)[O-]. The number of para-hydroxylation sites is 1. The Balaban J connectivity index is 2.71. The highest BCUT2D eigenvalue weighted by Crippen LogP contribution is 2.32. The van der Waals surface area contributed by atoms with Crippen molar-refractivity contribution in [2.75, 3.05) is 23.7 Å². The Morgan fingerprint density at radius 2 is 1.65 bits per heavy atom. The largest absolute Gasteiger partial charge is 0.379 e. The molecule has 2 N–H and O–H groups in total. The van der Waals surface area contributed by atoms with Crippen LogP contribution >= 0.6 is 0 Å². The normalized spacial score (nSPS) is 10.3. The summed E-state index contributed by atoms with van der Waals surface area (Å²) in [4.78, 5) is 11.0. The van der Waals surface area contributed by atoms with Crippen molar-refractivity contribution >= 4 is 17.1 Å². The first-order valence-corrected chi connectivity index (χ1v) is 7.45. The molecule has 0 aliphatic rings. The van der Waals surface area contributed by atoms with Gasteiger partial charge in [-0.3, -0.25) is 10.1 Å². The second-order valence-electron chi connectivity index (χ2n) is 4.87. The van der Waals surface area contributed by atoms with Crippen molar-refractivity contribution in [3.8, 4) is 0 Å². The number of hydrogen-bond acceptors (Lipinski definition) is 4. The lowest BCUT2D eigenvalue weighted by atomic mass is 10.2. The van der Waals surface area contributed by atoms with Gasteiger partial charge in [-0.05, 0) is 25.0 Å². The minimum atomic E-state index is -0.313. The summed E-state index contributed by atoms with van der Waals surface area (Å²) in [6.07, 6.45) is 5.53. The van der Waals surface area contributed by atoms with Gasteiger partial charge >= 0.3 is 5.69 Å². The molecule has 0 spiro atoms. The summed E-state index contributed by atoms with van der Waals surface area (Å²) in [5.41, 5.74) is 1.35. The number of benzene rings is 1. The predicted molar refractivity (Wildman–Crippen MR) is 84.5 cm³/mol. The van der Waals surface area contributed by atoms with Crippen LogP contribution in [0.2, 0.25) is 0 Å². The lowest BCUT2D eigenvalue weighted by molar-refractivity contribution is -0.383. The molecule has 0 bridgehead atoms. The molecule has 0 amide bonds. The molecule has 5 heteroatoms. The number of rotatable bonds is 10. The van der Waals surface area contributed by atoms with Gasteiger partial charge in [0.15, 0.2) is 0 Å². The fourth-order valence-electron chi connectivity index (χ4n) is 2.06. The second-order valence-corrected chi connectivity index (χ2v) is 4.87. The maximum atomic E-state index is 11.3. The monoisotopic (exact) mass is 279 g/mol. The van der Waals surface area contributed by atoms with Gasteiger partial charge in [-0.25, -0.2) is 0 Å². The lowest BCUT2D eigenvalue weighted by Crippen LogP contribution is -2.08. The summed E-state index contributed by atoms with van der Waals surface area (Å²) in [5.74, 6) is 0. The lowest BCUT2D eigenvalue weighted by Gasteiger charge is -2.11. The van der Waals surface area contributed by atoms with Crippen LogP contribution in [0.25, 0.3) is 0 Å². The number of nitro groups is 1. The van der Waals surface area contributed by atoms with Gasteiger partial charge in [0.2, 0.25) is 0 Å². The Morgan fingerprint density at radius 1 is 1.00 bits per heavy atom. The highest BCUT2D eigenvalue weighted by Gasteiger charge is 2.18. The smallest absolute Gasteiger partial charge is 0.315 e. The molecule has 0 aliphatic carbocycles. The Labute approximate surface area is 120 Å². The Kier molecular flexibility index (Phi) is 7.47. The quantitative estimate of drug-likeness (QED) is 0.378. The fourth-order valence-corrected chi connectivity index (χ4v) is 2.06. The van der Waals surface area contributed by atoms with E-state index in [1.54, 1.807) is 12.1 Å². The van der Waals surface area contributed by atoms with Gasteiger partial charge in [-0.1, -0.05) is 39.2 Å². The fraction of sp³-hybridized carbons (Fsp3) is 0.600. The molecule has 0 heterocycles. The first-order valence-electron chi connectivity index (χ1n) is 7.45. The highest BCUT2D eigenvalue weighted by molar-refractivity contribution is 5.76. The summed E-state index contributed by atoms with van der Waals surface area (Å²) in [6.45, 7) is 5.72. The molecule has 0 fully saturated rings. The molecule has 0 aromatic heterocycles. The number of hydrogen-bond donors (Lipinski definition) is 2. The molecule has 0 radical (unpaired) electrons. The molecule has 0 unspecified atom stereocenters. The van der Waals surface area contributed by atoms with Gasteiger partial charge in [0, 0.05) is 13.1 Å². The Morgan fingerprint density at radius 3 is 2.20 bits per heavy atom. The summed E-state index contributed by atoms with van der Waals surface area (Å²) in [6, 6.07) is 5.38. The van der Waals surface area contributed by atoms with Crippen LogP contribution in [0.1, 0.15) is 46.0 Å². The van der Waals surface area contributed by atoms with E-state index in [4.69, 9.17) is 0 Å². The van der Waals surface area contributed by atoms with Crippen LogP contribution in [-0.2, 0) is 0 Å². The summed E-state index contributed by atoms with van der Waals surface area (Å²) < 4.78 is 0. The minimum absolute atomic E-state index is 0.149. The number of nitro benzene ring substituents is 1. The van der Waals surface area contributed by atoms with Crippen LogP contribution in [0.15, 0.2) is 18.2 Å². The average molecular weight is 279 g/mol. The van der Waals surface area contributed by atoms with Gasteiger partial charge in [0.05, 0.1) is 4.92 Å². The van der Waals surface area contributed by atoms with Crippen LogP contribution in [0, 0.1) is 10.1 Å². The maximum absolute atomic E-state index is 11.3.